The quantitative estimate of drug-likeness (QED) is 0.0950. The first-order valence-corrected chi connectivity index (χ1v) is 24.5. The maximum Gasteiger partial charge on any atom is 0.195 e. The molecule has 7 heterocycles. The molecule has 2 fully saturated rings. The van der Waals surface area contributed by atoms with Crippen LogP contribution in [0, 0.1) is 48.3 Å². The highest BCUT2D eigenvalue weighted by atomic mass is 32.2. The number of H-pyrrole nitrogens is 2. The minimum Gasteiger partial charge on any atom is -0.381 e. The van der Waals surface area contributed by atoms with Crippen molar-refractivity contribution in [2.24, 2.45) is 11.8 Å². The molecule has 7 aromatic heterocycles. The van der Waals surface area contributed by atoms with Crippen LogP contribution in [0.4, 0.5) is 11.4 Å². The number of hydrogen-bond donors (Lipinski definition) is 4. The van der Waals surface area contributed by atoms with Gasteiger partial charge in [0.2, 0.25) is 0 Å². The van der Waals surface area contributed by atoms with Gasteiger partial charge in [0.1, 0.15) is 22.9 Å². The summed E-state index contributed by atoms with van der Waals surface area (Å²) in [5.41, 5.74) is 7.39. The Labute approximate surface area is 380 Å². The van der Waals surface area contributed by atoms with Gasteiger partial charge in [0, 0.05) is 77.4 Å². The van der Waals surface area contributed by atoms with Gasteiger partial charge in [-0.05, 0) is 106 Å². The summed E-state index contributed by atoms with van der Waals surface area (Å²) in [7, 11) is -6.99. The van der Waals surface area contributed by atoms with E-state index in [0.717, 1.165) is 68.8 Å². The molecule has 1 aromatic carbocycles. The summed E-state index contributed by atoms with van der Waals surface area (Å²) in [6, 6.07) is 20.9. The van der Waals surface area contributed by atoms with Gasteiger partial charge >= 0.3 is 0 Å². The van der Waals surface area contributed by atoms with Crippen LogP contribution in [-0.4, -0.2) is 85.3 Å². The number of benzene rings is 1. The van der Waals surface area contributed by atoms with E-state index in [2.05, 4.69) is 55.5 Å². The molecule has 19 heteroatoms. The topological polar surface area (TPSA) is 262 Å². The molecule has 332 valence electrons. The van der Waals surface area contributed by atoms with Crippen LogP contribution in [0.2, 0.25) is 0 Å². The molecule has 17 nitrogen and oxygen atoms in total. The van der Waals surface area contributed by atoms with Crippen LogP contribution in [0.1, 0.15) is 48.5 Å². The molecule has 2 aliphatic carbocycles. The molecule has 10 rings (SSSR count). The van der Waals surface area contributed by atoms with Crippen molar-refractivity contribution in [1.29, 1.82) is 10.5 Å². The summed E-state index contributed by atoms with van der Waals surface area (Å²) in [5, 5.41) is 27.2. The number of nitriles is 2. The summed E-state index contributed by atoms with van der Waals surface area (Å²) in [4.78, 5) is 36.9. The summed E-state index contributed by atoms with van der Waals surface area (Å²) in [6.45, 7) is 3.69. The van der Waals surface area contributed by atoms with Crippen molar-refractivity contribution in [1.82, 2.24) is 44.9 Å². The molecule has 8 aromatic rings. The van der Waals surface area contributed by atoms with E-state index in [4.69, 9.17) is 10.5 Å². The summed E-state index contributed by atoms with van der Waals surface area (Å²) < 4.78 is 51.2. The molecule has 0 atom stereocenters. The molecular weight excluding hydrogens is 875 g/mol. The molecule has 66 heavy (non-hydrogen) atoms. The standard InChI is InChI=1S/C24H22N6O2S.C23H21N7O2S/c1-15-26-8-6-22(29-15)21-13-28-24-20(5-7-27-24)23(21)30-18-9-17(10-18)14-33(31,32)19-4-2-3-16(11-19)12-25;1-14-25-7-4-20(29-14)19-12-28-23-18(3-6-27-23)22(19)30-17-8-16(9-17)13-33(31,32)21-10-15(11-24)2-5-26-21/h2-8,11,13,17-18H,9-10,14H2,1H3,(H2,27,28,30);2-7,10,12,16-17H,8-9,13H2,1H3,(H2,27,28,30). The van der Waals surface area contributed by atoms with Crippen LogP contribution in [0.3, 0.4) is 0 Å². The highest BCUT2D eigenvalue weighted by Crippen LogP contribution is 2.40. The SMILES string of the molecule is Cc1nccc(-c2cnc3[nH]ccc3c2NC2CC(CS(=O)(=O)c3cc(C#N)ccn3)C2)n1.Cc1nccc(-c2cnc3[nH]ccc3c2NC2CC(CS(=O)(=O)c3cccc(C#N)c3)C2)n1. The van der Waals surface area contributed by atoms with Crippen molar-refractivity contribution in [2.75, 3.05) is 22.1 Å². The molecule has 0 spiro atoms. The van der Waals surface area contributed by atoms with Crippen LogP contribution >= 0.6 is 0 Å². The Balaban J connectivity index is 0.000000166. The lowest BCUT2D eigenvalue weighted by Crippen LogP contribution is -2.39. The molecule has 4 N–H and O–H groups in total. The number of anilines is 2. The van der Waals surface area contributed by atoms with E-state index in [0.29, 0.717) is 30.1 Å². The molecule has 0 saturated heterocycles. The van der Waals surface area contributed by atoms with Gasteiger partial charge in [-0.1, -0.05) is 6.07 Å². The maximum atomic E-state index is 12.8. The second kappa shape index (κ2) is 18.1. The Kier molecular flexibility index (Phi) is 12.0. The Hall–Kier alpha value is -7.61. The lowest BCUT2D eigenvalue weighted by molar-refractivity contribution is 0.310. The highest BCUT2D eigenvalue weighted by Gasteiger charge is 2.36. The fraction of sp³-hybridized carbons (Fsp3) is 0.255. The summed E-state index contributed by atoms with van der Waals surface area (Å²) >= 11 is 0. The van der Waals surface area contributed by atoms with Gasteiger partial charge in [-0.3, -0.25) is 0 Å². The highest BCUT2D eigenvalue weighted by molar-refractivity contribution is 7.91. The average Bonchev–Trinajstić information content (AvgIpc) is 3.99. The molecule has 2 saturated carbocycles. The number of aromatic amines is 2. The number of rotatable bonds is 12. The molecule has 2 aliphatic rings. The van der Waals surface area contributed by atoms with Crippen LogP contribution in [0.25, 0.3) is 44.6 Å². The van der Waals surface area contributed by atoms with Crippen molar-refractivity contribution >= 4 is 53.1 Å². The van der Waals surface area contributed by atoms with Crippen molar-refractivity contribution in [3.05, 3.63) is 127 Å². The van der Waals surface area contributed by atoms with Gasteiger partial charge in [-0.15, -0.1) is 0 Å². The van der Waals surface area contributed by atoms with Crippen molar-refractivity contribution < 1.29 is 16.8 Å². The van der Waals surface area contributed by atoms with E-state index < -0.39 is 19.7 Å². The fourth-order valence-electron chi connectivity index (χ4n) is 8.53. The third kappa shape index (κ3) is 9.30. The first kappa shape index (κ1) is 43.6. The zero-order valence-electron chi connectivity index (χ0n) is 35.8. The van der Waals surface area contributed by atoms with Crippen molar-refractivity contribution in [2.45, 2.75) is 61.5 Å². The fourth-order valence-corrected chi connectivity index (χ4v) is 11.8. The molecule has 0 radical (unpaired) electrons. The lowest BCUT2D eigenvalue weighted by atomic mass is 9.81. The predicted octanol–water partition coefficient (Wildman–Crippen LogP) is 7.12. The Morgan fingerprint density at radius 3 is 1.64 bits per heavy atom. The molecule has 0 amide bonds. The average molecular weight is 918 g/mol. The Bertz CT molecular complexity index is 3190. The van der Waals surface area contributed by atoms with E-state index in [1.54, 1.807) is 43.0 Å². The number of nitrogens with one attached hydrogen (secondary N) is 4. The van der Waals surface area contributed by atoms with Gasteiger partial charge in [0.15, 0.2) is 24.7 Å². The van der Waals surface area contributed by atoms with E-state index in [-0.39, 0.29) is 50.9 Å². The van der Waals surface area contributed by atoms with E-state index >= 15 is 0 Å². The van der Waals surface area contributed by atoms with Crippen LogP contribution in [-0.2, 0) is 19.7 Å². The first-order valence-electron chi connectivity index (χ1n) is 21.2. The minimum absolute atomic E-state index is 0.0148. The maximum absolute atomic E-state index is 12.8. The van der Waals surface area contributed by atoms with Crippen molar-refractivity contribution in [3.63, 3.8) is 0 Å². The van der Waals surface area contributed by atoms with Crippen LogP contribution in [0.15, 0.2) is 114 Å². The normalized spacial score (nSPS) is 17.9. The predicted molar refractivity (Wildman–Crippen MR) is 248 cm³/mol. The summed E-state index contributed by atoms with van der Waals surface area (Å²) in [6.07, 6.45) is 15.0. The first-order chi connectivity index (χ1) is 31.8. The number of sulfone groups is 2. The van der Waals surface area contributed by atoms with Crippen LogP contribution < -0.4 is 10.6 Å². The van der Waals surface area contributed by atoms with Crippen LogP contribution in [0.5, 0.6) is 0 Å². The lowest BCUT2D eigenvalue weighted by Gasteiger charge is -2.37. The second-order valence-corrected chi connectivity index (χ2v) is 20.6. The number of hydrogen-bond acceptors (Lipinski definition) is 15. The third-order valence-electron chi connectivity index (χ3n) is 11.9. The number of aryl methyl sites for hydroxylation is 2. The second-order valence-electron chi connectivity index (χ2n) is 16.6. The van der Waals surface area contributed by atoms with E-state index in [1.165, 1.54) is 24.4 Å². The van der Waals surface area contributed by atoms with Gasteiger partial charge < -0.3 is 20.6 Å². The van der Waals surface area contributed by atoms with Gasteiger partial charge in [-0.25, -0.2) is 51.7 Å². The molecule has 0 bridgehead atoms. The molecule has 0 unspecified atom stereocenters. The Morgan fingerprint density at radius 1 is 0.621 bits per heavy atom. The van der Waals surface area contributed by atoms with Gasteiger partial charge in [0.25, 0.3) is 0 Å². The largest absolute Gasteiger partial charge is 0.381 e. The minimum atomic E-state index is -3.55. The van der Waals surface area contributed by atoms with E-state index in [1.807, 2.05) is 62.6 Å². The third-order valence-corrected chi connectivity index (χ3v) is 15.5. The monoisotopic (exact) mass is 917 g/mol. The van der Waals surface area contributed by atoms with Crippen molar-refractivity contribution in [3.8, 4) is 34.7 Å². The van der Waals surface area contributed by atoms with Gasteiger partial charge in [0.05, 0.1) is 62.4 Å². The number of fused-ring (bicyclic) bond motifs is 2. The molecule has 0 aliphatic heterocycles. The number of aromatic nitrogens is 9. The van der Waals surface area contributed by atoms with E-state index in [9.17, 15) is 16.8 Å². The van der Waals surface area contributed by atoms with Gasteiger partial charge in [-0.2, -0.15) is 10.5 Å². The smallest absolute Gasteiger partial charge is 0.195 e. The Morgan fingerprint density at radius 2 is 1.12 bits per heavy atom. The molecular formula is C47H43N13O4S2. The zero-order valence-corrected chi connectivity index (χ0v) is 37.5. The zero-order chi connectivity index (χ0) is 46.0. The number of nitrogens with zero attached hydrogens (tertiary/aromatic N) is 9. The summed E-state index contributed by atoms with van der Waals surface area (Å²) in [5.74, 6) is 1.53. The number of pyridine rings is 3.